The second-order valence-corrected chi connectivity index (χ2v) is 6.77. The van der Waals surface area contributed by atoms with Gasteiger partial charge in [0.25, 0.3) is 5.91 Å². The van der Waals surface area contributed by atoms with Crippen LogP contribution in [0.5, 0.6) is 0 Å². The zero-order chi connectivity index (χ0) is 13.1. The second kappa shape index (κ2) is 6.15. The maximum Gasteiger partial charge on any atom is 0.266 e. The number of rotatable bonds is 5. The normalized spacial score (nSPS) is 15.5. The Morgan fingerprint density at radius 1 is 1.50 bits per heavy atom. The molecule has 0 atom stereocenters. The highest BCUT2D eigenvalue weighted by Crippen LogP contribution is 2.28. The van der Waals surface area contributed by atoms with E-state index in [1.165, 1.54) is 17.8 Å². The van der Waals surface area contributed by atoms with Gasteiger partial charge < -0.3 is 4.90 Å². The first kappa shape index (κ1) is 14.0. The number of carbonyl (C=O) groups is 1. The molecule has 0 bridgehead atoms. The lowest BCUT2D eigenvalue weighted by molar-refractivity contribution is 0.0585. The van der Waals surface area contributed by atoms with Crippen molar-refractivity contribution in [3.05, 3.63) is 15.6 Å². The lowest BCUT2D eigenvalue weighted by Crippen LogP contribution is -2.44. The van der Waals surface area contributed by atoms with Crippen LogP contribution in [0.3, 0.4) is 0 Å². The fourth-order valence-electron chi connectivity index (χ4n) is 2.24. The lowest BCUT2D eigenvalue weighted by Gasteiger charge is -2.37. The van der Waals surface area contributed by atoms with Gasteiger partial charge in [0.05, 0.1) is 10.7 Å². The number of aromatic nitrogens is 1. The molecular formula is C13H19BrN2OS. The minimum Gasteiger partial charge on any atom is -0.335 e. The molecule has 1 heterocycles. The van der Waals surface area contributed by atoms with E-state index in [0.717, 1.165) is 46.7 Å². The molecule has 3 nitrogen and oxygen atoms in total. The molecule has 0 unspecified atom stereocenters. The molecule has 2 rings (SSSR count). The van der Waals surface area contributed by atoms with Crippen LogP contribution in [0.25, 0.3) is 0 Å². The van der Waals surface area contributed by atoms with Gasteiger partial charge in [-0.3, -0.25) is 4.79 Å². The number of nitrogens with zero attached hydrogens (tertiary/aromatic N) is 2. The number of hydrogen-bond acceptors (Lipinski definition) is 3. The van der Waals surface area contributed by atoms with E-state index in [1.807, 2.05) is 13.8 Å². The van der Waals surface area contributed by atoms with Crippen molar-refractivity contribution < 1.29 is 4.79 Å². The van der Waals surface area contributed by atoms with Crippen LogP contribution in [0.15, 0.2) is 0 Å². The van der Waals surface area contributed by atoms with Gasteiger partial charge in [-0.2, -0.15) is 0 Å². The summed E-state index contributed by atoms with van der Waals surface area (Å²) in [6, 6.07) is 0.457. The van der Waals surface area contributed by atoms with Gasteiger partial charge in [-0.1, -0.05) is 15.9 Å². The van der Waals surface area contributed by atoms with E-state index in [9.17, 15) is 4.79 Å². The third-order valence-corrected chi connectivity index (χ3v) is 5.03. The first-order valence-corrected chi connectivity index (χ1v) is 8.38. The van der Waals surface area contributed by atoms with Crippen molar-refractivity contribution in [3.63, 3.8) is 0 Å². The maximum atomic E-state index is 12.6. The topological polar surface area (TPSA) is 33.2 Å². The van der Waals surface area contributed by atoms with E-state index < -0.39 is 0 Å². The van der Waals surface area contributed by atoms with Crippen molar-refractivity contribution in [1.29, 1.82) is 0 Å². The Bertz CT molecular complexity index is 429. The van der Waals surface area contributed by atoms with Crippen LogP contribution in [0.1, 0.15) is 46.1 Å². The average Bonchev–Trinajstić information content (AvgIpc) is 2.60. The number of hydrogen-bond donors (Lipinski definition) is 0. The van der Waals surface area contributed by atoms with Gasteiger partial charge in [-0.15, -0.1) is 11.3 Å². The summed E-state index contributed by atoms with van der Waals surface area (Å²) >= 11 is 4.97. The van der Waals surface area contributed by atoms with Crippen molar-refractivity contribution >= 4 is 33.2 Å². The molecule has 0 aliphatic heterocycles. The summed E-state index contributed by atoms with van der Waals surface area (Å²) < 4.78 is 0. The molecule has 0 saturated heterocycles. The standard InChI is InChI=1S/C13H19BrN2OS/c1-9-12(18-10(2)15-9)13(17)16(8-4-7-14)11-5-3-6-11/h11H,3-8H2,1-2H3. The molecule has 1 aliphatic carbocycles. The van der Waals surface area contributed by atoms with E-state index in [1.54, 1.807) is 0 Å². The van der Waals surface area contributed by atoms with Crippen molar-refractivity contribution in [1.82, 2.24) is 9.88 Å². The van der Waals surface area contributed by atoms with Crippen LogP contribution < -0.4 is 0 Å². The molecule has 1 aromatic heterocycles. The molecule has 100 valence electrons. The predicted octanol–water partition coefficient (Wildman–Crippen LogP) is 3.54. The fraction of sp³-hybridized carbons (Fsp3) is 0.692. The van der Waals surface area contributed by atoms with Gasteiger partial charge in [0.1, 0.15) is 4.88 Å². The fourth-order valence-corrected chi connectivity index (χ4v) is 3.37. The van der Waals surface area contributed by atoms with Gasteiger partial charge >= 0.3 is 0 Å². The monoisotopic (exact) mass is 330 g/mol. The first-order chi connectivity index (χ1) is 8.63. The molecule has 0 radical (unpaired) electrons. The first-order valence-electron chi connectivity index (χ1n) is 6.44. The smallest absolute Gasteiger partial charge is 0.266 e. The highest BCUT2D eigenvalue weighted by atomic mass is 79.9. The SMILES string of the molecule is Cc1nc(C)c(C(=O)N(CCCBr)C2CCC2)s1. The van der Waals surface area contributed by atoms with Crippen LogP contribution in [0, 0.1) is 13.8 Å². The molecule has 1 amide bonds. The van der Waals surface area contributed by atoms with E-state index in [-0.39, 0.29) is 5.91 Å². The minimum absolute atomic E-state index is 0.184. The quantitative estimate of drug-likeness (QED) is 0.773. The zero-order valence-corrected chi connectivity index (χ0v) is 13.3. The summed E-state index contributed by atoms with van der Waals surface area (Å²) in [7, 11) is 0. The minimum atomic E-state index is 0.184. The van der Waals surface area contributed by atoms with Crippen LogP contribution in [0.2, 0.25) is 0 Å². The Balaban J connectivity index is 2.13. The molecule has 0 aromatic carbocycles. The molecule has 1 aliphatic rings. The van der Waals surface area contributed by atoms with Crippen LogP contribution >= 0.6 is 27.3 Å². The number of thiazole rings is 1. The maximum absolute atomic E-state index is 12.6. The van der Waals surface area contributed by atoms with Crippen LogP contribution in [0.4, 0.5) is 0 Å². The van der Waals surface area contributed by atoms with Crippen molar-refractivity contribution in [2.75, 3.05) is 11.9 Å². The Labute approximate surface area is 121 Å². The summed E-state index contributed by atoms with van der Waals surface area (Å²) in [5, 5.41) is 1.93. The van der Waals surface area contributed by atoms with Crippen LogP contribution in [-0.4, -0.2) is 33.7 Å². The molecule has 1 fully saturated rings. The van der Waals surface area contributed by atoms with E-state index in [2.05, 4.69) is 25.8 Å². The molecule has 0 N–H and O–H groups in total. The predicted molar refractivity (Wildman–Crippen MR) is 78.7 cm³/mol. The summed E-state index contributed by atoms with van der Waals surface area (Å²) in [6.45, 7) is 4.74. The molecule has 1 aromatic rings. The molecular weight excluding hydrogens is 312 g/mol. The molecule has 1 saturated carbocycles. The highest BCUT2D eigenvalue weighted by molar-refractivity contribution is 9.09. The third-order valence-electron chi connectivity index (χ3n) is 3.41. The van der Waals surface area contributed by atoms with Gasteiger partial charge in [0, 0.05) is 17.9 Å². The molecule has 0 spiro atoms. The second-order valence-electron chi connectivity index (χ2n) is 4.77. The number of carbonyl (C=O) groups excluding carboxylic acids is 1. The van der Waals surface area contributed by atoms with Crippen LogP contribution in [-0.2, 0) is 0 Å². The van der Waals surface area contributed by atoms with Gasteiger partial charge in [0.2, 0.25) is 0 Å². The van der Waals surface area contributed by atoms with E-state index in [0.29, 0.717) is 6.04 Å². The van der Waals surface area contributed by atoms with Gasteiger partial charge in [-0.05, 0) is 39.5 Å². The number of alkyl halides is 1. The summed E-state index contributed by atoms with van der Waals surface area (Å²) in [6.07, 6.45) is 4.58. The average molecular weight is 331 g/mol. The zero-order valence-electron chi connectivity index (χ0n) is 10.9. The Morgan fingerprint density at radius 3 is 2.67 bits per heavy atom. The Kier molecular flexibility index (Phi) is 4.78. The number of amides is 1. The van der Waals surface area contributed by atoms with E-state index in [4.69, 9.17) is 0 Å². The molecule has 18 heavy (non-hydrogen) atoms. The Hall–Kier alpha value is -0.420. The van der Waals surface area contributed by atoms with Crippen molar-refractivity contribution in [2.24, 2.45) is 0 Å². The summed E-state index contributed by atoms with van der Waals surface area (Å²) in [4.78, 5) is 19.8. The summed E-state index contributed by atoms with van der Waals surface area (Å²) in [5.74, 6) is 0.184. The molecule has 5 heteroatoms. The van der Waals surface area contributed by atoms with Crippen molar-refractivity contribution in [2.45, 2.75) is 45.6 Å². The van der Waals surface area contributed by atoms with Gasteiger partial charge in [-0.25, -0.2) is 4.98 Å². The highest BCUT2D eigenvalue weighted by Gasteiger charge is 2.30. The number of aryl methyl sites for hydroxylation is 2. The summed E-state index contributed by atoms with van der Waals surface area (Å²) in [5.41, 5.74) is 0.880. The Morgan fingerprint density at radius 2 is 2.22 bits per heavy atom. The number of halogens is 1. The van der Waals surface area contributed by atoms with E-state index >= 15 is 0 Å². The van der Waals surface area contributed by atoms with Crippen molar-refractivity contribution in [3.8, 4) is 0 Å². The lowest BCUT2D eigenvalue weighted by atomic mass is 9.91. The third kappa shape index (κ3) is 2.94. The largest absolute Gasteiger partial charge is 0.335 e. The van der Waals surface area contributed by atoms with Gasteiger partial charge in [0.15, 0.2) is 0 Å².